The first-order valence-electron chi connectivity index (χ1n) is 7.37. The molecular weight excluding hydrogens is 276 g/mol. The first-order chi connectivity index (χ1) is 9.83. The Labute approximate surface area is 124 Å². The minimum atomic E-state index is -0.512. The van der Waals surface area contributed by atoms with Gasteiger partial charge in [-0.15, -0.1) is 0 Å². The Morgan fingerprint density at radius 1 is 1.33 bits per heavy atom. The number of hydrogen-bond donors (Lipinski definition) is 1. The van der Waals surface area contributed by atoms with Crippen molar-refractivity contribution in [3.63, 3.8) is 0 Å². The summed E-state index contributed by atoms with van der Waals surface area (Å²) in [7, 11) is 0. The molecule has 0 aromatic heterocycles. The standard InChI is InChI=1S/C14H24N2O5/c1-14(2,3)21-13(18)16-8-11(9-16)20-12(17)15-7-10-5-4-6-19-10/h10-11H,4-9H2,1-3H3,(H,15,17). The van der Waals surface area contributed by atoms with Gasteiger partial charge in [0, 0.05) is 13.2 Å². The number of alkyl carbamates (subject to hydrolysis) is 1. The van der Waals surface area contributed by atoms with Gasteiger partial charge in [-0.05, 0) is 33.6 Å². The molecule has 0 radical (unpaired) electrons. The Hall–Kier alpha value is -1.50. The summed E-state index contributed by atoms with van der Waals surface area (Å²) >= 11 is 0. The summed E-state index contributed by atoms with van der Waals surface area (Å²) in [6.45, 7) is 7.44. The Kier molecular flexibility index (Phi) is 4.92. The maximum Gasteiger partial charge on any atom is 0.410 e. The molecule has 2 amide bonds. The number of hydrogen-bond acceptors (Lipinski definition) is 5. The Morgan fingerprint density at radius 3 is 2.62 bits per heavy atom. The lowest BCUT2D eigenvalue weighted by Crippen LogP contribution is -2.57. The van der Waals surface area contributed by atoms with Crippen molar-refractivity contribution in [2.24, 2.45) is 0 Å². The van der Waals surface area contributed by atoms with Crippen LogP contribution in [-0.4, -0.2) is 61.1 Å². The van der Waals surface area contributed by atoms with E-state index in [9.17, 15) is 9.59 Å². The van der Waals surface area contributed by atoms with E-state index < -0.39 is 11.7 Å². The van der Waals surface area contributed by atoms with Crippen LogP contribution in [0.15, 0.2) is 0 Å². The van der Waals surface area contributed by atoms with Gasteiger partial charge in [0.25, 0.3) is 0 Å². The molecule has 2 saturated heterocycles. The van der Waals surface area contributed by atoms with Crippen LogP contribution in [0, 0.1) is 0 Å². The van der Waals surface area contributed by atoms with Gasteiger partial charge in [0.1, 0.15) is 11.7 Å². The molecule has 0 bridgehead atoms. The summed E-state index contributed by atoms with van der Waals surface area (Å²) in [4.78, 5) is 24.8. The van der Waals surface area contributed by atoms with Crippen molar-refractivity contribution in [2.75, 3.05) is 26.2 Å². The molecule has 1 atom stereocenters. The number of carbonyl (C=O) groups excluding carboxylic acids is 2. The van der Waals surface area contributed by atoms with Crippen LogP contribution in [0.25, 0.3) is 0 Å². The third-order valence-corrected chi connectivity index (χ3v) is 3.27. The van der Waals surface area contributed by atoms with E-state index in [2.05, 4.69) is 5.32 Å². The molecule has 120 valence electrons. The van der Waals surface area contributed by atoms with Crippen molar-refractivity contribution in [3.05, 3.63) is 0 Å². The number of nitrogens with zero attached hydrogens (tertiary/aromatic N) is 1. The molecule has 2 fully saturated rings. The van der Waals surface area contributed by atoms with Gasteiger partial charge in [-0.3, -0.25) is 0 Å². The number of likely N-dealkylation sites (tertiary alicyclic amines) is 1. The van der Waals surface area contributed by atoms with E-state index in [4.69, 9.17) is 14.2 Å². The van der Waals surface area contributed by atoms with Crippen LogP contribution >= 0.6 is 0 Å². The molecule has 7 nitrogen and oxygen atoms in total. The van der Waals surface area contributed by atoms with Crippen LogP contribution in [0.1, 0.15) is 33.6 Å². The number of rotatable bonds is 3. The molecule has 2 heterocycles. The molecule has 0 spiro atoms. The monoisotopic (exact) mass is 300 g/mol. The number of carbonyl (C=O) groups is 2. The van der Waals surface area contributed by atoms with Gasteiger partial charge in [-0.2, -0.15) is 0 Å². The molecule has 21 heavy (non-hydrogen) atoms. The SMILES string of the molecule is CC(C)(C)OC(=O)N1CC(OC(=O)NCC2CCCO2)C1. The van der Waals surface area contributed by atoms with Crippen LogP contribution in [0.5, 0.6) is 0 Å². The quantitative estimate of drug-likeness (QED) is 0.855. The smallest absolute Gasteiger partial charge is 0.410 e. The van der Waals surface area contributed by atoms with Gasteiger partial charge in [0.05, 0.1) is 19.2 Å². The Bertz CT molecular complexity index is 381. The van der Waals surface area contributed by atoms with Crippen LogP contribution in [0.3, 0.4) is 0 Å². The summed E-state index contributed by atoms with van der Waals surface area (Å²) < 4.78 is 15.8. The van der Waals surface area contributed by atoms with Gasteiger partial charge in [0.15, 0.2) is 0 Å². The Balaban J connectivity index is 1.59. The largest absolute Gasteiger partial charge is 0.444 e. The van der Waals surface area contributed by atoms with Crippen molar-refractivity contribution in [3.8, 4) is 0 Å². The second-order valence-electron chi connectivity index (χ2n) is 6.43. The average molecular weight is 300 g/mol. The fourth-order valence-corrected chi connectivity index (χ4v) is 2.18. The maximum absolute atomic E-state index is 11.7. The zero-order chi connectivity index (χ0) is 15.5. The van der Waals surface area contributed by atoms with Crippen molar-refractivity contribution >= 4 is 12.2 Å². The maximum atomic E-state index is 11.7. The molecule has 1 N–H and O–H groups in total. The van der Waals surface area contributed by atoms with E-state index in [1.165, 1.54) is 4.90 Å². The average Bonchev–Trinajstić information content (AvgIpc) is 2.81. The highest BCUT2D eigenvalue weighted by atomic mass is 16.6. The summed E-state index contributed by atoms with van der Waals surface area (Å²) in [6.07, 6.45) is 1.01. The van der Waals surface area contributed by atoms with E-state index in [-0.39, 0.29) is 18.3 Å². The minimum Gasteiger partial charge on any atom is -0.444 e. The highest BCUT2D eigenvalue weighted by Crippen LogP contribution is 2.17. The van der Waals surface area contributed by atoms with Gasteiger partial charge in [0.2, 0.25) is 0 Å². The van der Waals surface area contributed by atoms with E-state index in [1.54, 1.807) is 0 Å². The second kappa shape index (κ2) is 6.51. The first-order valence-corrected chi connectivity index (χ1v) is 7.37. The zero-order valence-corrected chi connectivity index (χ0v) is 12.9. The lowest BCUT2D eigenvalue weighted by atomic mass is 10.2. The molecule has 0 aromatic rings. The third-order valence-electron chi connectivity index (χ3n) is 3.27. The highest BCUT2D eigenvalue weighted by molar-refractivity contribution is 5.70. The zero-order valence-electron chi connectivity index (χ0n) is 12.9. The fraction of sp³-hybridized carbons (Fsp3) is 0.857. The highest BCUT2D eigenvalue weighted by Gasteiger charge is 2.36. The minimum absolute atomic E-state index is 0.0946. The van der Waals surface area contributed by atoms with E-state index >= 15 is 0 Å². The van der Waals surface area contributed by atoms with Crippen LogP contribution in [-0.2, 0) is 14.2 Å². The van der Waals surface area contributed by atoms with Crippen molar-refractivity contribution in [1.82, 2.24) is 10.2 Å². The molecular formula is C14H24N2O5. The predicted molar refractivity (Wildman–Crippen MR) is 75.1 cm³/mol. The molecule has 2 aliphatic rings. The second-order valence-corrected chi connectivity index (χ2v) is 6.43. The van der Waals surface area contributed by atoms with E-state index in [1.807, 2.05) is 20.8 Å². The number of nitrogens with one attached hydrogen (secondary N) is 1. The summed E-state index contributed by atoms with van der Waals surface area (Å²) in [5, 5.41) is 2.69. The summed E-state index contributed by atoms with van der Waals surface area (Å²) in [5.41, 5.74) is -0.512. The molecule has 2 rings (SSSR count). The normalized spacial score (nSPS) is 22.6. The molecule has 7 heteroatoms. The molecule has 1 unspecified atom stereocenters. The third kappa shape index (κ3) is 5.08. The lowest BCUT2D eigenvalue weighted by molar-refractivity contribution is -0.0370. The molecule has 0 aliphatic carbocycles. The number of ether oxygens (including phenoxy) is 3. The van der Waals surface area contributed by atoms with Crippen LogP contribution < -0.4 is 5.32 Å². The fourth-order valence-electron chi connectivity index (χ4n) is 2.18. The topological polar surface area (TPSA) is 77.1 Å². The van der Waals surface area contributed by atoms with Gasteiger partial charge in [-0.25, -0.2) is 9.59 Å². The van der Waals surface area contributed by atoms with Gasteiger partial charge in [-0.1, -0.05) is 0 Å². The molecule has 0 saturated carbocycles. The Morgan fingerprint density at radius 2 is 2.05 bits per heavy atom. The summed E-state index contributed by atoms with van der Waals surface area (Å²) in [6, 6.07) is 0. The summed E-state index contributed by atoms with van der Waals surface area (Å²) in [5.74, 6) is 0. The van der Waals surface area contributed by atoms with Crippen LogP contribution in [0.2, 0.25) is 0 Å². The lowest BCUT2D eigenvalue weighted by Gasteiger charge is -2.38. The van der Waals surface area contributed by atoms with Gasteiger partial charge >= 0.3 is 12.2 Å². The number of amides is 2. The van der Waals surface area contributed by atoms with Crippen molar-refractivity contribution in [2.45, 2.75) is 51.4 Å². The molecule has 2 aliphatic heterocycles. The predicted octanol–water partition coefficient (Wildman–Crippen LogP) is 1.51. The van der Waals surface area contributed by atoms with Gasteiger partial charge < -0.3 is 24.4 Å². The van der Waals surface area contributed by atoms with E-state index in [0.717, 1.165) is 19.4 Å². The van der Waals surface area contributed by atoms with E-state index in [0.29, 0.717) is 19.6 Å². The first kappa shape index (κ1) is 15.9. The van der Waals surface area contributed by atoms with Crippen molar-refractivity contribution in [1.29, 1.82) is 0 Å². The van der Waals surface area contributed by atoms with Crippen LogP contribution in [0.4, 0.5) is 9.59 Å². The van der Waals surface area contributed by atoms with Crippen molar-refractivity contribution < 1.29 is 23.8 Å². The molecule has 0 aromatic carbocycles.